The number of carbonyl (C=O) groups is 1. The van der Waals surface area contributed by atoms with Gasteiger partial charge in [-0.15, -0.1) is 0 Å². The van der Waals surface area contributed by atoms with E-state index in [-0.39, 0.29) is 17.5 Å². The largest absolute Gasteiger partial charge is 0.349 e. The lowest BCUT2D eigenvalue weighted by Crippen LogP contribution is -2.29. The predicted molar refractivity (Wildman–Crippen MR) is 62.7 cm³/mol. The molecular weight excluding hydrogens is 220 g/mol. The van der Waals surface area contributed by atoms with Gasteiger partial charge >= 0.3 is 0 Å². The van der Waals surface area contributed by atoms with Crippen LogP contribution in [0.5, 0.6) is 0 Å². The Morgan fingerprint density at radius 1 is 1.35 bits per heavy atom. The molecule has 0 aromatic heterocycles. The molecule has 5 nitrogen and oxygen atoms in total. The van der Waals surface area contributed by atoms with Crippen molar-refractivity contribution in [3.8, 4) is 0 Å². The molecule has 1 aromatic rings. The quantitative estimate of drug-likeness (QED) is 0.574. The first-order chi connectivity index (χ1) is 7.99. The molecule has 0 spiro atoms. The highest BCUT2D eigenvalue weighted by Gasteiger charge is 2.29. The van der Waals surface area contributed by atoms with Crippen LogP contribution in [-0.2, 0) is 17.6 Å². The van der Waals surface area contributed by atoms with Crippen molar-refractivity contribution in [2.45, 2.75) is 12.8 Å². The zero-order valence-electron chi connectivity index (χ0n) is 9.84. The van der Waals surface area contributed by atoms with E-state index < -0.39 is 4.92 Å². The number of nitro groups is 1. The van der Waals surface area contributed by atoms with E-state index in [2.05, 4.69) is 0 Å². The van der Waals surface area contributed by atoms with Gasteiger partial charge in [0.25, 0.3) is 5.69 Å². The van der Waals surface area contributed by atoms with E-state index in [4.69, 9.17) is 0 Å². The molecule has 1 aliphatic rings. The summed E-state index contributed by atoms with van der Waals surface area (Å²) in [6, 6.07) is 4.84. The van der Waals surface area contributed by atoms with Gasteiger partial charge < -0.3 is 4.90 Å². The maximum Gasteiger partial charge on any atom is 0.269 e. The lowest BCUT2D eigenvalue weighted by Gasteiger charge is -2.15. The van der Waals surface area contributed by atoms with E-state index in [1.165, 1.54) is 6.07 Å². The fraction of sp³-hybridized carbons (Fsp3) is 0.417. The third-order valence-corrected chi connectivity index (χ3v) is 3.12. The van der Waals surface area contributed by atoms with Crippen LogP contribution in [-0.4, -0.2) is 29.8 Å². The third kappa shape index (κ3) is 2.13. The standard InChI is InChI=1S/C12H14N2O3/c1-13(2)12(15)10-5-8-3-4-11(14(16)17)7-9(8)6-10/h3-4,7,10H,5-6H2,1-2H3. The van der Waals surface area contributed by atoms with E-state index in [0.29, 0.717) is 12.8 Å². The lowest BCUT2D eigenvalue weighted by atomic mass is 10.1. The fourth-order valence-corrected chi connectivity index (χ4v) is 2.26. The normalized spacial score (nSPS) is 17.6. The van der Waals surface area contributed by atoms with Gasteiger partial charge in [0, 0.05) is 32.1 Å². The number of hydrogen-bond donors (Lipinski definition) is 0. The molecule has 0 saturated carbocycles. The highest BCUT2D eigenvalue weighted by molar-refractivity contribution is 5.80. The topological polar surface area (TPSA) is 63.5 Å². The summed E-state index contributed by atoms with van der Waals surface area (Å²) in [5.41, 5.74) is 2.08. The van der Waals surface area contributed by atoms with E-state index in [0.717, 1.165) is 11.1 Å². The van der Waals surface area contributed by atoms with E-state index in [1.54, 1.807) is 31.1 Å². The van der Waals surface area contributed by atoms with Crippen LogP contribution >= 0.6 is 0 Å². The minimum Gasteiger partial charge on any atom is -0.349 e. The smallest absolute Gasteiger partial charge is 0.269 e. The Labute approximate surface area is 99.2 Å². The Balaban J connectivity index is 2.22. The van der Waals surface area contributed by atoms with Crippen LogP contribution in [0.3, 0.4) is 0 Å². The molecule has 0 saturated heterocycles. The number of fused-ring (bicyclic) bond motifs is 1. The Hall–Kier alpha value is -1.91. The molecule has 17 heavy (non-hydrogen) atoms. The zero-order chi connectivity index (χ0) is 12.6. The molecule has 1 atom stereocenters. The zero-order valence-corrected chi connectivity index (χ0v) is 9.84. The first-order valence-electron chi connectivity index (χ1n) is 5.46. The maximum atomic E-state index is 11.8. The van der Waals surface area contributed by atoms with Crippen molar-refractivity contribution in [3.05, 3.63) is 39.4 Å². The van der Waals surface area contributed by atoms with Crippen LogP contribution in [0.2, 0.25) is 0 Å². The number of nitro benzene ring substituents is 1. The van der Waals surface area contributed by atoms with Gasteiger partial charge in [-0.2, -0.15) is 0 Å². The minimum atomic E-state index is -0.401. The molecule has 1 aliphatic carbocycles. The molecule has 0 radical (unpaired) electrons. The second-order valence-electron chi connectivity index (χ2n) is 4.55. The van der Waals surface area contributed by atoms with E-state index in [9.17, 15) is 14.9 Å². The molecule has 0 N–H and O–H groups in total. The summed E-state index contributed by atoms with van der Waals surface area (Å²) in [7, 11) is 3.46. The summed E-state index contributed by atoms with van der Waals surface area (Å²) in [6.45, 7) is 0. The summed E-state index contributed by atoms with van der Waals surface area (Å²) in [5, 5.41) is 10.7. The molecular formula is C12H14N2O3. The Kier molecular flexibility index (Phi) is 2.83. The minimum absolute atomic E-state index is 0.0676. The van der Waals surface area contributed by atoms with Gasteiger partial charge in [-0.25, -0.2) is 0 Å². The van der Waals surface area contributed by atoms with Gasteiger partial charge in [0.2, 0.25) is 5.91 Å². The predicted octanol–water partition coefficient (Wildman–Crippen LogP) is 1.40. The summed E-state index contributed by atoms with van der Waals surface area (Å²) in [6.07, 6.45) is 1.29. The van der Waals surface area contributed by atoms with Crippen molar-refractivity contribution in [2.75, 3.05) is 14.1 Å². The van der Waals surface area contributed by atoms with Gasteiger partial charge in [0.1, 0.15) is 0 Å². The van der Waals surface area contributed by atoms with Gasteiger partial charge in [0.15, 0.2) is 0 Å². The average Bonchev–Trinajstić information content (AvgIpc) is 2.69. The van der Waals surface area contributed by atoms with Gasteiger partial charge in [-0.1, -0.05) is 6.07 Å². The van der Waals surface area contributed by atoms with Crippen LogP contribution in [0.4, 0.5) is 5.69 Å². The molecule has 90 valence electrons. The molecule has 0 heterocycles. The van der Waals surface area contributed by atoms with Crippen molar-refractivity contribution >= 4 is 11.6 Å². The van der Waals surface area contributed by atoms with E-state index >= 15 is 0 Å². The summed E-state index contributed by atoms with van der Waals surface area (Å²) >= 11 is 0. The van der Waals surface area contributed by atoms with Crippen LogP contribution in [0.1, 0.15) is 11.1 Å². The van der Waals surface area contributed by atoms with Crippen molar-refractivity contribution in [3.63, 3.8) is 0 Å². The van der Waals surface area contributed by atoms with Gasteiger partial charge in [-0.05, 0) is 24.0 Å². The molecule has 1 aromatic carbocycles. The van der Waals surface area contributed by atoms with Crippen molar-refractivity contribution in [1.82, 2.24) is 4.90 Å². The first-order valence-corrected chi connectivity index (χ1v) is 5.46. The summed E-state index contributed by atoms with van der Waals surface area (Å²) < 4.78 is 0. The van der Waals surface area contributed by atoms with E-state index in [1.807, 2.05) is 0 Å². The number of nitrogens with zero attached hydrogens (tertiary/aromatic N) is 2. The maximum absolute atomic E-state index is 11.8. The first kappa shape index (κ1) is 11.6. The number of hydrogen-bond acceptors (Lipinski definition) is 3. The lowest BCUT2D eigenvalue weighted by molar-refractivity contribution is -0.384. The molecule has 2 rings (SSSR count). The second-order valence-corrected chi connectivity index (χ2v) is 4.55. The van der Waals surface area contributed by atoms with Crippen LogP contribution in [0.25, 0.3) is 0 Å². The molecule has 5 heteroatoms. The Morgan fingerprint density at radius 2 is 2.00 bits per heavy atom. The second kappa shape index (κ2) is 4.16. The molecule has 0 fully saturated rings. The Morgan fingerprint density at radius 3 is 2.59 bits per heavy atom. The number of rotatable bonds is 2. The molecule has 1 unspecified atom stereocenters. The average molecular weight is 234 g/mol. The van der Waals surface area contributed by atoms with Crippen LogP contribution in [0, 0.1) is 16.0 Å². The van der Waals surface area contributed by atoms with Gasteiger partial charge in [-0.3, -0.25) is 14.9 Å². The van der Waals surface area contributed by atoms with Crippen molar-refractivity contribution in [1.29, 1.82) is 0 Å². The highest BCUT2D eigenvalue weighted by atomic mass is 16.6. The van der Waals surface area contributed by atoms with Crippen molar-refractivity contribution < 1.29 is 9.72 Å². The van der Waals surface area contributed by atoms with Crippen LogP contribution < -0.4 is 0 Å². The number of non-ortho nitro benzene ring substituents is 1. The number of carbonyl (C=O) groups excluding carboxylic acids is 1. The number of amides is 1. The fourth-order valence-electron chi connectivity index (χ4n) is 2.26. The summed E-state index contributed by atoms with van der Waals surface area (Å²) in [5.74, 6) is 0.0193. The molecule has 0 bridgehead atoms. The monoisotopic (exact) mass is 234 g/mol. The molecule has 1 amide bonds. The Bertz CT molecular complexity index is 483. The number of benzene rings is 1. The van der Waals surface area contributed by atoms with Gasteiger partial charge in [0.05, 0.1) is 4.92 Å². The van der Waals surface area contributed by atoms with Crippen LogP contribution in [0.15, 0.2) is 18.2 Å². The third-order valence-electron chi connectivity index (χ3n) is 3.12. The SMILES string of the molecule is CN(C)C(=O)C1Cc2ccc([N+](=O)[O-])cc2C1. The highest BCUT2D eigenvalue weighted by Crippen LogP contribution is 2.30. The molecule has 0 aliphatic heterocycles. The van der Waals surface area contributed by atoms with Crippen molar-refractivity contribution in [2.24, 2.45) is 5.92 Å². The summed E-state index contributed by atoms with van der Waals surface area (Å²) in [4.78, 5) is 23.7.